The van der Waals surface area contributed by atoms with Crippen molar-refractivity contribution in [1.29, 1.82) is 0 Å². The Morgan fingerprint density at radius 3 is 2.54 bits per heavy atom. The first-order chi connectivity index (χ1) is 11.4. The van der Waals surface area contributed by atoms with E-state index in [2.05, 4.69) is 22.2 Å². The highest BCUT2D eigenvalue weighted by Gasteiger charge is 2.16. The van der Waals surface area contributed by atoms with E-state index >= 15 is 0 Å². The van der Waals surface area contributed by atoms with Gasteiger partial charge in [0.15, 0.2) is 0 Å². The molecule has 0 saturated heterocycles. The molecule has 0 saturated carbocycles. The van der Waals surface area contributed by atoms with Gasteiger partial charge in [-0.25, -0.2) is 9.97 Å². The number of hydrogen-bond donors (Lipinski definition) is 1. The lowest BCUT2D eigenvalue weighted by Gasteiger charge is -2.17. The Bertz CT molecular complexity index is 716. The van der Waals surface area contributed by atoms with Crippen LogP contribution in [-0.2, 0) is 0 Å². The molecule has 1 heterocycles. The zero-order chi connectivity index (χ0) is 17.7. The molecule has 5 nitrogen and oxygen atoms in total. The van der Waals surface area contributed by atoms with Crippen LogP contribution in [0.3, 0.4) is 0 Å². The van der Waals surface area contributed by atoms with Crippen LogP contribution in [0.5, 0.6) is 0 Å². The zero-order valence-corrected chi connectivity index (χ0v) is 15.4. The Morgan fingerprint density at radius 1 is 1.25 bits per heavy atom. The molecule has 1 amide bonds. The topological polar surface area (TPSA) is 58.1 Å². The first-order valence-corrected chi connectivity index (χ1v) is 8.50. The molecule has 7 heteroatoms. The van der Waals surface area contributed by atoms with Gasteiger partial charge in [0, 0.05) is 19.7 Å². The largest absolute Gasteiger partial charge is 0.340 e. The number of carbonyl (C=O) groups excluding carboxylic acids is 1. The fourth-order valence-electron chi connectivity index (χ4n) is 2.18. The first kappa shape index (κ1) is 18.5. The number of amides is 1. The molecule has 0 aliphatic carbocycles. The molecule has 0 aliphatic heterocycles. The van der Waals surface area contributed by atoms with Gasteiger partial charge in [0.05, 0.1) is 15.7 Å². The fourth-order valence-corrected chi connectivity index (χ4v) is 2.67. The van der Waals surface area contributed by atoms with Gasteiger partial charge in [-0.05, 0) is 25.5 Å². The summed E-state index contributed by atoms with van der Waals surface area (Å²) in [6, 6.07) is 6.83. The predicted molar refractivity (Wildman–Crippen MR) is 98.4 cm³/mol. The molecule has 0 bridgehead atoms. The maximum absolute atomic E-state index is 12.5. The van der Waals surface area contributed by atoms with Gasteiger partial charge in [0.2, 0.25) is 0 Å². The normalized spacial score (nSPS) is 10.5. The van der Waals surface area contributed by atoms with Gasteiger partial charge in [-0.2, -0.15) is 0 Å². The SMILES string of the molecule is CCCCN(C)C(=O)c1cc(Nc2c(Cl)cccc2Cl)nc(C)n1. The van der Waals surface area contributed by atoms with E-state index in [1.54, 1.807) is 43.1 Å². The molecule has 0 radical (unpaired) electrons. The molecule has 0 aliphatic rings. The highest BCUT2D eigenvalue weighted by Crippen LogP contribution is 2.32. The quantitative estimate of drug-likeness (QED) is 0.804. The Morgan fingerprint density at radius 2 is 1.92 bits per heavy atom. The van der Waals surface area contributed by atoms with E-state index in [1.165, 1.54) is 0 Å². The van der Waals surface area contributed by atoms with Crippen LogP contribution in [-0.4, -0.2) is 34.4 Å². The van der Waals surface area contributed by atoms with Crippen molar-refractivity contribution >= 4 is 40.6 Å². The third-order valence-electron chi connectivity index (χ3n) is 3.47. The van der Waals surface area contributed by atoms with Crippen molar-refractivity contribution in [1.82, 2.24) is 14.9 Å². The summed E-state index contributed by atoms with van der Waals surface area (Å²) in [5.41, 5.74) is 0.892. The number of nitrogens with one attached hydrogen (secondary N) is 1. The summed E-state index contributed by atoms with van der Waals surface area (Å²) < 4.78 is 0. The number of anilines is 2. The van der Waals surface area contributed by atoms with Gasteiger partial charge < -0.3 is 10.2 Å². The second kappa shape index (κ2) is 8.31. The standard InChI is InChI=1S/C17H20Cl2N4O/c1-4-5-9-23(3)17(24)14-10-15(21-11(2)20-14)22-16-12(18)7-6-8-13(16)19/h6-8,10H,4-5,9H2,1-3H3,(H,20,21,22). The summed E-state index contributed by atoms with van der Waals surface area (Å²) in [4.78, 5) is 22.7. The fraction of sp³-hybridized carbons (Fsp3) is 0.353. The van der Waals surface area contributed by atoms with Crippen LogP contribution in [0.2, 0.25) is 10.0 Å². The van der Waals surface area contributed by atoms with Crippen molar-refractivity contribution in [2.45, 2.75) is 26.7 Å². The monoisotopic (exact) mass is 366 g/mol. The van der Waals surface area contributed by atoms with Crippen molar-refractivity contribution < 1.29 is 4.79 Å². The molecule has 2 rings (SSSR count). The van der Waals surface area contributed by atoms with E-state index in [4.69, 9.17) is 23.2 Å². The van der Waals surface area contributed by atoms with Crippen LogP contribution in [0.1, 0.15) is 36.1 Å². The van der Waals surface area contributed by atoms with Gasteiger partial charge in [-0.15, -0.1) is 0 Å². The molecule has 128 valence electrons. The van der Waals surface area contributed by atoms with Gasteiger partial charge in [-0.3, -0.25) is 4.79 Å². The summed E-state index contributed by atoms with van der Waals surface area (Å²) >= 11 is 12.3. The zero-order valence-electron chi connectivity index (χ0n) is 13.9. The number of benzene rings is 1. The molecular weight excluding hydrogens is 347 g/mol. The number of nitrogens with zero attached hydrogens (tertiary/aromatic N) is 3. The number of rotatable bonds is 6. The molecule has 24 heavy (non-hydrogen) atoms. The number of halogens is 2. The third kappa shape index (κ3) is 4.58. The van der Waals surface area contributed by atoms with Crippen LogP contribution in [0, 0.1) is 6.92 Å². The number of para-hydroxylation sites is 1. The summed E-state index contributed by atoms with van der Waals surface area (Å²) in [6.45, 7) is 4.52. The molecule has 0 unspecified atom stereocenters. The Balaban J connectivity index is 2.27. The maximum atomic E-state index is 12.5. The number of aromatic nitrogens is 2. The lowest BCUT2D eigenvalue weighted by atomic mass is 10.2. The minimum atomic E-state index is -0.137. The highest BCUT2D eigenvalue weighted by atomic mass is 35.5. The van der Waals surface area contributed by atoms with Crippen molar-refractivity contribution in [2.24, 2.45) is 0 Å². The van der Waals surface area contributed by atoms with Crippen LogP contribution in [0.4, 0.5) is 11.5 Å². The highest BCUT2D eigenvalue weighted by molar-refractivity contribution is 6.39. The molecule has 0 spiro atoms. The summed E-state index contributed by atoms with van der Waals surface area (Å²) in [5, 5.41) is 4.03. The lowest BCUT2D eigenvalue weighted by molar-refractivity contribution is 0.0787. The number of aryl methyl sites for hydroxylation is 1. The molecule has 0 atom stereocenters. The first-order valence-electron chi connectivity index (χ1n) is 7.74. The molecule has 2 aromatic rings. The minimum Gasteiger partial charge on any atom is -0.340 e. The van der Waals surface area contributed by atoms with Gasteiger partial charge in [0.1, 0.15) is 17.3 Å². The van der Waals surface area contributed by atoms with E-state index in [0.29, 0.717) is 39.6 Å². The predicted octanol–water partition coefficient (Wildman–Crippen LogP) is 4.71. The number of unbranched alkanes of at least 4 members (excludes halogenated alkanes) is 1. The molecule has 1 N–H and O–H groups in total. The van der Waals surface area contributed by atoms with Crippen LogP contribution in [0.25, 0.3) is 0 Å². The van der Waals surface area contributed by atoms with Crippen LogP contribution >= 0.6 is 23.2 Å². The molecule has 1 aromatic heterocycles. The summed E-state index contributed by atoms with van der Waals surface area (Å²) in [7, 11) is 1.77. The van der Waals surface area contributed by atoms with E-state index in [9.17, 15) is 4.79 Å². The average Bonchev–Trinajstić information content (AvgIpc) is 2.55. The lowest BCUT2D eigenvalue weighted by Crippen LogP contribution is -2.28. The average molecular weight is 367 g/mol. The van der Waals surface area contributed by atoms with Crippen molar-refractivity contribution in [2.75, 3.05) is 18.9 Å². The third-order valence-corrected chi connectivity index (χ3v) is 4.10. The van der Waals surface area contributed by atoms with Gasteiger partial charge >= 0.3 is 0 Å². The molecule has 1 aromatic carbocycles. The van der Waals surface area contributed by atoms with Crippen molar-refractivity contribution in [3.05, 3.63) is 45.8 Å². The Hall–Kier alpha value is -1.85. The number of carbonyl (C=O) groups is 1. The van der Waals surface area contributed by atoms with Gasteiger partial charge in [0.25, 0.3) is 5.91 Å². The summed E-state index contributed by atoms with van der Waals surface area (Å²) in [6.07, 6.45) is 1.98. The van der Waals surface area contributed by atoms with E-state index in [0.717, 1.165) is 12.8 Å². The van der Waals surface area contributed by atoms with Crippen molar-refractivity contribution in [3.8, 4) is 0 Å². The minimum absolute atomic E-state index is 0.137. The van der Waals surface area contributed by atoms with E-state index in [1.807, 2.05) is 0 Å². The van der Waals surface area contributed by atoms with E-state index < -0.39 is 0 Å². The maximum Gasteiger partial charge on any atom is 0.272 e. The smallest absolute Gasteiger partial charge is 0.272 e. The van der Waals surface area contributed by atoms with E-state index in [-0.39, 0.29) is 5.91 Å². The second-order valence-corrected chi connectivity index (χ2v) is 6.30. The Kier molecular flexibility index (Phi) is 6.40. The van der Waals surface area contributed by atoms with Crippen LogP contribution in [0.15, 0.2) is 24.3 Å². The summed E-state index contributed by atoms with van der Waals surface area (Å²) in [5.74, 6) is 0.836. The Labute approximate surface area is 152 Å². The van der Waals surface area contributed by atoms with Crippen molar-refractivity contribution in [3.63, 3.8) is 0 Å². The molecule has 0 fully saturated rings. The van der Waals surface area contributed by atoms with Gasteiger partial charge in [-0.1, -0.05) is 42.6 Å². The molecular formula is C17H20Cl2N4O. The van der Waals surface area contributed by atoms with Crippen LogP contribution < -0.4 is 5.32 Å². The number of hydrogen-bond acceptors (Lipinski definition) is 4. The second-order valence-electron chi connectivity index (χ2n) is 5.49.